The summed E-state index contributed by atoms with van der Waals surface area (Å²) in [5.74, 6) is 3.33. The van der Waals surface area contributed by atoms with Crippen LogP contribution in [0.1, 0.15) is 264 Å². The first-order chi connectivity index (χ1) is 34.1. The molecule has 2 aromatic carbocycles. The van der Waals surface area contributed by atoms with Crippen LogP contribution in [0.15, 0.2) is 48.5 Å². The molecule has 2 unspecified atom stereocenters. The van der Waals surface area contributed by atoms with Gasteiger partial charge in [-0.25, -0.2) is 0 Å². The van der Waals surface area contributed by atoms with Crippen LogP contribution in [0.4, 0.5) is 5.69 Å². The van der Waals surface area contributed by atoms with Gasteiger partial charge in [0.25, 0.3) is 0 Å². The molecule has 2 aliphatic carbocycles. The summed E-state index contributed by atoms with van der Waals surface area (Å²) in [6.07, 6.45) is 18.6. The average Bonchev–Trinajstić information content (AvgIpc) is 3.77. The summed E-state index contributed by atoms with van der Waals surface area (Å²) < 4.78 is 0. The Bertz CT molecular complexity index is 1580. The second-order valence-electron chi connectivity index (χ2n) is 21.4. The summed E-state index contributed by atoms with van der Waals surface area (Å²) in [5, 5.41) is 0. The molecule has 3 fully saturated rings. The molecule has 0 aromatic heterocycles. The van der Waals surface area contributed by atoms with Crippen molar-refractivity contribution in [3.05, 3.63) is 65.2 Å². The third-order valence-electron chi connectivity index (χ3n) is 11.8. The molecular weight excluding hydrogens is 891 g/mol. The maximum absolute atomic E-state index is 11.8. The molecule has 5 aliphatic rings. The molecule has 3 aliphatic heterocycles. The Balaban J connectivity index is -0.000000778. The van der Waals surface area contributed by atoms with Crippen LogP contribution in [0.3, 0.4) is 0 Å². The van der Waals surface area contributed by atoms with Gasteiger partial charge in [0.1, 0.15) is 11.6 Å². The van der Waals surface area contributed by atoms with Crippen LogP contribution in [-0.4, -0.2) is 70.3 Å². The predicted molar refractivity (Wildman–Crippen MR) is 313 cm³/mol. The molecule has 8 heteroatoms. The summed E-state index contributed by atoms with van der Waals surface area (Å²) in [7, 11) is 0. The van der Waals surface area contributed by atoms with Crippen LogP contribution in [0, 0.1) is 17.8 Å². The summed E-state index contributed by atoms with van der Waals surface area (Å²) in [6, 6.07) is 17.6. The third-order valence-corrected chi connectivity index (χ3v) is 11.8. The lowest BCUT2D eigenvalue weighted by molar-refractivity contribution is -0.135. The highest BCUT2D eigenvalue weighted by Gasteiger charge is 2.30. The van der Waals surface area contributed by atoms with Gasteiger partial charge in [-0.3, -0.25) is 24.0 Å². The molecule has 1 saturated carbocycles. The summed E-state index contributed by atoms with van der Waals surface area (Å²) in [4.78, 5) is 62.7. The molecule has 72 heavy (non-hydrogen) atoms. The van der Waals surface area contributed by atoms with Crippen molar-refractivity contribution in [3.8, 4) is 0 Å². The van der Waals surface area contributed by atoms with Crippen LogP contribution in [-0.2, 0) is 36.8 Å². The number of ketones is 2. The molecule has 3 heterocycles. The van der Waals surface area contributed by atoms with Crippen molar-refractivity contribution in [1.82, 2.24) is 9.80 Å². The van der Waals surface area contributed by atoms with E-state index >= 15 is 0 Å². The molecule has 8 nitrogen and oxygen atoms in total. The molecule has 2 saturated heterocycles. The fourth-order valence-electron chi connectivity index (χ4n) is 8.71. The number of benzene rings is 2. The lowest BCUT2D eigenvalue weighted by Gasteiger charge is -2.32. The second-order valence-corrected chi connectivity index (χ2v) is 21.4. The standard InChI is InChI=1S/C13H16O.C12H15NO.C9H16O.C8H15NO.C7H13NO.5C3H8/c2*1-9(2)13-11-6-4-3-5-10(11)7-8-12(13)14;1-7(2)8-5-3-4-6-9(8)10;1-7(2)9-6-4-3-5-8(9)10;1-6(2)8-5-3-4-7(8)9;5*1-3-2/h3-6,9,13H,7-8H2,1-2H3;3-6,9H,7-8H2,1-2H3;7-8H,3-6H2,1-2H3;7H,3-6H2,1-2H3;6H,3-5H2,1-2H3;5*3H2,1-2H3. The largest absolute Gasteiger partial charge is 0.340 e. The number of aryl methyl sites for hydroxylation is 2. The number of nitrogens with zero attached hydrogens (tertiary/aromatic N) is 3. The highest BCUT2D eigenvalue weighted by atomic mass is 16.2. The highest BCUT2D eigenvalue weighted by molar-refractivity contribution is 5.96. The van der Waals surface area contributed by atoms with Crippen molar-refractivity contribution >= 4 is 35.0 Å². The number of para-hydroxylation sites is 1. The van der Waals surface area contributed by atoms with Crippen LogP contribution in [0.5, 0.6) is 0 Å². The Labute approximate surface area is 446 Å². The molecule has 3 amide bonds. The number of hydrogen-bond acceptors (Lipinski definition) is 5. The van der Waals surface area contributed by atoms with Crippen molar-refractivity contribution in [2.45, 2.75) is 278 Å². The number of rotatable bonds is 5. The normalized spacial score (nSPS) is 17.6. The second kappa shape index (κ2) is 44.7. The number of hydrogen-bond donors (Lipinski definition) is 0. The molecular formula is C64H115N3O5. The van der Waals surface area contributed by atoms with Gasteiger partial charge < -0.3 is 14.7 Å². The topological polar surface area (TPSA) is 95.1 Å². The Morgan fingerprint density at radius 2 is 0.847 bits per heavy atom. The van der Waals surface area contributed by atoms with E-state index in [0.29, 0.717) is 59.6 Å². The first kappa shape index (κ1) is 72.4. The highest BCUT2D eigenvalue weighted by Crippen LogP contribution is 2.34. The number of anilines is 1. The van der Waals surface area contributed by atoms with E-state index in [-0.39, 0.29) is 17.9 Å². The lowest BCUT2D eigenvalue weighted by atomic mass is 9.76. The molecule has 0 N–H and O–H groups in total. The summed E-state index contributed by atoms with van der Waals surface area (Å²) in [5.41, 5.74) is 5.02. The molecule has 0 bridgehead atoms. The summed E-state index contributed by atoms with van der Waals surface area (Å²) in [6.45, 7) is 44.1. The van der Waals surface area contributed by atoms with Gasteiger partial charge >= 0.3 is 0 Å². The maximum atomic E-state index is 11.8. The lowest BCUT2D eigenvalue weighted by Crippen LogP contribution is -2.40. The van der Waals surface area contributed by atoms with Gasteiger partial charge in [0.05, 0.1) is 0 Å². The first-order valence-electron chi connectivity index (χ1n) is 29.2. The predicted octanol–water partition coefficient (Wildman–Crippen LogP) is 17.2. The van der Waals surface area contributed by atoms with E-state index in [4.69, 9.17) is 0 Å². The quantitative estimate of drug-likeness (QED) is 0.297. The van der Waals surface area contributed by atoms with Gasteiger partial charge in [0, 0.05) is 80.8 Å². The van der Waals surface area contributed by atoms with Gasteiger partial charge in [0.15, 0.2) is 0 Å². The van der Waals surface area contributed by atoms with Crippen molar-refractivity contribution in [3.63, 3.8) is 0 Å². The van der Waals surface area contributed by atoms with Crippen LogP contribution in [0.25, 0.3) is 0 Å². The molecule has 0 spiro atoms. The van der Waals surface area contributed by atoms with Crippen LogP contribution >= 0.6 is 0 Å². The minimum absolute atomic E-state index is 0.139. The average molecular weight is 1010 g/mol. The smallest absolute Gasteiger partial charge is 0.227 e. The van der Waals surface area contributed by atoms with E-state index < -0.39 is 0 Å². The monoisotopic (exact) mass is 1010 g/mol. The number of amides is 3. The van der Waals surface area contributed by atoms with Crippen molar-refractivity contribution < 1.29 is 24.0 Å². The van der Waals surface area contributed by atoms with Crippen molar-refractivity contribution in [2.75, 3.05) is 18.0 Å². The number of piperidine rings is 1. The number of likely N-dealkylation sites (tertiary alicyclic amines) is 2. The zero-order chi connectivity index (χ0) is 55.8. The van der Waals surface area contributed by atoms with Crippen molar-refractivity contribution in [2.24, 2.45) is 17.8 Å². The zero-order valence-electron chi connectivity index (χ0n) is 50.7. The maximum Gasteiger partial charge on any atom is 0.227 e. The van der Waals surface area contributed by atoms with Crippen LogP contribution < -0.4 is 4.90 Å². The third kappa shape index (κ3) is 30.4. The Kier molecular flexibility index (Phi) is 44.9. The fourth-order valence-corrected chi connectivity index (χ4v) is 8.71. The van der Waals surface area contributed by atoms with Gasteiger partial charge in [-0.2, -0.15) is 0 Å². The van der Waals surface area contributed by atoms with Gasteiger partial charge in [0.2, 0.25) is 17.7 Å². The van der Waals surface area contributed by atoms with E-state index in [1.807, 2.05) is 39.0 Å². The molecule has 7 rings (SSSR count). The van der Waals surface area contributed by atoms with E-state index in [9.17, 15) is 24.0 Å². The van der Waals surface area contributed by atoms with E-state index in [1.54, 1.807) is 0 Å². The first-order valence-corrected chi connectivity index (χ1v) is 29.2. The van der Waals surface area contributed by atoms with Crippen LogP contribution in [0.2, 0.25) is 0 Å². The van der Waals surface area contributed by atoms with Gasteiger partial charge in [-0.1, -0.05) is 178 Å². The minimum atomic E-state index is 0.139. The van der Waals surface area contributed by atoms with E-state index in [2.05, 4.69) is 163 Å². The van der Waals surface area contributed by atoms with Gasteiger partial charge in [-0.05, 0) is 121 Å². The van der Waals surface area contributed by atoms with Crippen molar-refractivity contribution in [1.29, 1.82) is 0 Å². The Hall–Kier alpha value is -3.81. The minimum Gasteiger partial charge on any atom is -0.340 e. The SMILES string of the molecule is CC(C)C1C(=O)CCc2ccccc21.CC(C)C1CCCCC1=O.CC(C)N1C(=O)CCc2ccccc21.CC(C)N1CCCC1=O.CC(C)N1CCCCC1=O.CCC.CCC.CCC.CCC.CCC. The number of Topliss-reactive ketones (excluding diaryl/α,β-unsaturated/α-hetero) is 2. The Morgan fingerprint density at radius 3 is 1.25 bits per heavy atom. The molecule has 0 radical (unpaired) electrons. The molecule has 2 atom stereocenters. The van der Waals surface area contributed by atoms with E-state index in [0.717, 1.165) is 83.0 Å². The Morgan fingerprint density at radius 1 is 0.417 bits per heavy atom. The molecule has 2 aromatic rings. The number of carbonyl (C=O) groups is 5. The zero-order valence-corrected chi connectivity index (χ0v) is 50.7. The number of fused-ring (bicyclic) bond motifs is 2. The fraction of sp³-hybridized carbons (Fsp3) is 0.734. The number of carbonyl (C=O) groups excluding carboxylic acids is 5. The van der Waals surface area contributed by atoms with E-state index in [1.165, 1.54) is 61.6 Å². The van der Waals surface area contributed by atoms with Gasteiger partial charge in [-0.15, -0.1) is 0 Å². The summed E-state index contributed by atoms with van der Waals surface area (Å²) >= 11 is 0. The molecule has 416 valence electrons.